The number of piperazine rings is 1. The Labute approximate surface area is 220 Å². The van der Waals surface area contributed by atoms with Crippen molar-refractivity contribution < 1.29 is 4.79 Å². The van der Waals surface area contributed by atoms with E-state index < -0.39 is 0 Å². The number of amides is 1. The average Bonchev–Trinajstić information content (AvgIpc) is 2.91. The fraction of sp³-hybridized carbons (Fsp3) is 0.593. The lowest BCUT2D eigenvalue weighted by atomic mass is 10.0. The SMILES string of the molecule is CCN(CC)CCNC(=S)Nc1ccc2nc(N3CCN(C(=O)C4CCCCN4)CC3)cc(C)c2c1. The van der Waals surface area contributed by atoms with Crippen LogP contribution in [0.1, 0.15) is 38.7 Å². The summed E-state index contributed by atoms with van der Waals surface area (Å²) in [6.07, 6.45) is 3.26. The molecule has 1 aromatic heterocycles. The van der Waals surface area contributed by atoms with Gasteiger partial charge in [0, 0.05) is 50.3 Å². The van der Waals surface area contributed by atoms with Crippen molar-refractivity contribution in [2.24, 2.45) is 0 Å². The number of thiocarbonyl (C=S) groups is 1. The molecule has 1 amide bonds. The van der Waals surface area contributed by atoms with Crippen molar-refractivity contribution in [2.45, 2.75) is 46.1 Å². The largest absolute Gasteiger partial charge is 0.361 e. The van der Waals surface area contributed by atoms with E-state index in [1.54, 1.807) is 0 Å². The first-order valence-electron chi connectivity index (χ1n) is 13.4. The molecule has 3 N–H and O–H groups in total. The van der Waals surface area contributed by atoms with Crippen LogP contribution in [0.3, 0.4) is 0 Å². The third-order valence-corrected chi connectivity index (χ3v) is 7.64. The van der Waals surface area contributed by atoms with Gasteiger partial charge in [-0.3, -0.25) is 4.79 Å². The minimum absolute atomic E-state index is 0.000370. The molecule has 2 saturated heterocycles. The second kappa shape index (κ2) is 12.7. The van der Waals surface area contributed by atoms with Crippen LogP contribution >= 0.6 is 12.2 Å². The normalized spacial score (nSPS) is 18.5. The van der Waals surface area contributed by atoms with Crippen LogP contribution in [0.15, 0.2) is 24.3 Å². The van der Waals surface area contributed by atoms with Crippen molar-refractivity contribution in [3.05, 3.63) is 29.8 Å². The van der Waals surface area contributed by atoms with Gasteiger partial charge in [-0.05, 0) is 81.4 Å². The molecule has 9 heteroatoms. The summed E-state index contributed by atoms with van der Waals surface area (Å²) < 4.78 is 0. The summed E-state index contributed by atoms with van der Waals surface area (Å²) in [5, 5.41) is 11.8. The zero-order chi connectivity index (χ0) is 25.5. The highest BCUT2D eigenvalue weighted by atomic mass is 32.1. The Hall–Kier alpha value is -2.49. The van der Waals surface area contributed by atoms with E-state index in [4.69, 9.17) is 17.2 Å². The molecule has 0 spiro atoms. The van der Waals surface area contributed by atoms with Crippen molar-refractivity contribution >= 4 is 45.6 Å². The van der Waals surface area contributed by atoms with Crippen LogP contribution in [-0.2, 0) is 4.79 Å². The van der Waals surface area contributed by atoms with E-state index >= 15 is 0 Å². The van der Waals surface area contributed by atoms with Gasteiger partial charge in [-0.1, -0.05) is 20.3 Å². The molecule has 196 valence electrons. The number of anilines is 2. The molecular weight excluding hydrogens is 470 g/mol. The van der Waals surface area contributed by atoms with E-state index in [0.717, 1.165) is 94.2 Å². The number of piperidine rings is 1. The Morgan fingerprint density at radius 1 is 1.17 bits per heavy atom. The van der Waals surface area contributed by atoms with Gasteiger partial charge in [0.05, 0.1) is 11.6 Å². The first-order valence-corrected chi connectivity index (χ1v) is 13.8. The van der Waals surface area contributed by atoms with Crippen molar-refractivity contribution in [3.8, 4) is 0 Å². The summed E-state index contributed by atoms with van der Waals surface area (Å²) in [4.78, 5) is 24.5. The fourth-order valence-electron chi connectivity index (χ4n) is 5.10. The van der Waals surface area contributed by atoms with Gasteiger partial charge < -0.3 is 30.7 Å². The summed E-state index contributed by atoms with van der Waals surface area (Å²) in [5.74, 6) is 1.25. The Bertz CT molecular complexity index is 1040. The Kier molecular flexibility index (Phi) is 9.34. The summed E-state index contributed by atoms with van der Waals surface area (Å²) in [5.41, 5.74) is 3.12. The number of rotatable bonds is 8. The number of hydrogen-bond acceptors (Lipinski definition) is 6. The van der Waals surface area contributed by atoms with E-state index in [1.807, 2.05) is 11.0 Å². The molecule has 0 bridgehead atoms. The molecule has 2 aromatic rings. The summed E-state index contributed by atoms with van der Waals surface area (Å²) >= 11 is 5.50. The lowest BCUT2D eigenvalue weighted by Gasteiger charge is -2.38. The van der Waals surface area contributed by atoms with Gasteiger partial charge in [0.15, 0.2) is 5.11 Å². The zero-order valence-corrected chi connectivity index (χ0v) is 22.8. The predicted octanol–water partition coefficient (Wildman–Crippen LogP) is 2.96. The van der Waals surface area contributed by atoms with Gasteiger partial charge in [-0.25, -0.2) is 4.98 Å². The predicted molar refractivity (Wildman–Crippen MR) is 153 cm³/mol. The number of pyridine rings is 1. The minimum atomic E-state index is -0.000370. The molecular formula is C27H41N7OS. The topological polar surface area (TPSA) is 75.8 Å². The number of likely N-dealkylation sites (N-methyl/N-ethyl adjacent to an activating group) is 1. The van der Waals surface area contributed by atoms with Gasteiger partial charge in [0.2, 0.25) is 5.91 Å². The van der Waals surface area contributed by atoms with E-state index in [9.17, 15) is 4.79 Å². The summed E-state index contributed by atoms with van der Waals surface area (Å²) in [6, 6.07) is 8.37. The number of aromatic nitrogens is 1. The van der Waals surface area contributed by atoms with Gasteiger partial charge in [0.1, 0.15) is 5.82 Å². The van der Waals surface area contributed by atoms with Crippen LogP contribution < -0.4 is 20.9 Å². The van der Waals surface area contributed by atoms with Crippen molar-refractivity contribution in [1.82, 2.24) is 25.4 Å². The van der Waals surface area contributed by atoms with Crippen LogP contribution in [0.4, 0.5) is 11.5 Å². The van der Waals surface area contributed by atoms with Crippen molar-refractivity contribution in [2.75, 3.05) is 69.1 Å². The molecule has 0 radical (unpaired) electrons. The first-order chi connectivity index (χ1) is 17.5. The van der Waals surface area contributed by atoms with Crippen LogP contribution in [-0.4, -0.2) is 90.7 Å². The maximum Gasteiger partial charge on any atom is 0.239 e. The number of aryl methyl sites for hydroxylation is 1. The van der Waals surface area contributed by atoms with E-state index in [2.05, 4.69) is 64.7 Å². The highest BCUT2D eigenvalue weighted by molar-refractivity contribution is 7.80. The molecule has 0 aliphatic carbocycles. The quantitative estimate of drug-likeness (QED) is 0.467. The smallest absolute Gasteiger partial charge is 0.239 e. The second-order valence-electron chi connectivity index (χ2n) is 9.75. The van der Waals surface area contributed by atoms with Crippen LogP contribution in [0.2, 0.25) is 0 Å². The number of benzene rings is 1. The second-order valence-corrected chi connectivity index (χ2v) is 10.2. The third kappa shape index (κ3) is 6.63. The number of hydrogen-bond donors (Lipinski definition) is 3. The Morgan fingerprint density at radius 2 is 1.94 bits per heavy atom. The lowest BCUT2D eigenvalue weighted by Crippen LogP contribution is -2.55. The molecule has 8 nitrogen and oxygen atoms in total. The molecule has 0 saturated carbocycles. The molecule has 2 aliphatic heterocycles. The summed E-state index contributed by atoms with van der Waals surface area (Å²) in [7, 11) is 0. The van der Waals surface area contributed by atoms with Gasteiger partial charge in [0.25, 0.3) is 0 Å². The van der Waals surface area contributed by atoms with Crippen LogP contribution in [0, 0.1) is 6.92 Å². The Balaban J connectivity index is 1.34. The van der Waals surface area contributed by atoms with Crippen molar-refractivity contribution in [1.29, 1.82) is 0 Å². The standard InChI is InChI=1S/C27H41N7OS/c1-4-32(5-2)13-12-29-27(36)30-21-9-10-23-22(19-21)20(3)18-25(31-23)33-14-16-34(17-15-33)26(35)24-8-6-7-11-28-24/h9-10,18-19,24,28H,4-8,11-17H2,1-3H3,(H2,29,30,36). The lowest BCUT2D eigenvalue weighted by molar-refractivity contribution is -0.134. The molecule has 4 rings (SSSR count). The number of nitrogens with one attached hydrogen (secondary N) is 3. The first kappa shape index (κ1) is 26.6. The van der Waals surface area contributed by atoms with Crippen LogP contribution in [0.5, 0.6) is 0 Å². The number of fused-ring (bicyclic) bond motifs is 1. The monoisotopic (exact) mass is 511 g/mol. The minimum Gasteiger partial charge on any atom is -0.361 e. The van der Waals surface area contributed by atoms with Gasteiger partial charge >= 0.3 is 0 Å². The van der Waals surface area contributed by atoms with E-state index in [1.165, 1.54) is 12.0 Å². The highest BCUT2D eigenvalue weighted by Gasteiger charge is 2.28. The number of nitrogens with zero attached hydrogens (tertiary/aromatic N) is 4. The third-order valence-electron chi connectivity index (χ3n) is 7.39. The maximum absolute atomic E-state index is 12.9. The van der Waals surface area contributed by atoms with Crippen molar-refractivity contribution in [3.63, 3.8) is 0 Å². The van der Waals surface area contributed by atoms with Gasteiger partial charge in [-0.15, -0.1) is 0 Å². The van der Waals surface area contributed by atoms with E-state index in [0.29, 0.717) is 5.11 Å². The molecule has 2 fully saturated rings. The summed E-state index contributed by atoms with van der Waals surface area (Å²) in [6.45, 7) is 14.4. The molecule has 3 heterocycles. The molecule has 1 unspecified atom stereocenters. The number of carbonyl (C=O) groups is 1. The molecule has 2 aliphatic rings. The Morgan fingerprint density at radius 3 is 2.64 bits per heavy atom. The van der Waals surface area contributed by atoms with E-state index in [-0.39, 0.29) is 11.9 Å². The molecule has 1 atom stereocenters. The zero-order valence-electron chi connectivity index (χ0n) is 22.0. The molecule has 36 heavy (non-hydrogen) atoms. The highest BCUT2D eigenvalue weighted by Crippen LogP contribution is 2.26. The molecule has 1 aromatic carbocycles. The fourth-order valence-corrected chi connectivity index (χ4v) is 5.32. The number of carbonyl (C=O) groups excluding carboxylic acids is 1. The van der Waals surface area contributed by atoms with Crippen LogP contribution in [0.25, 0.3) is 10.9 Å². The average molecular weight is 512 g/mol. The van der Waals surface area contributed by atoms with Gasteiger partial charge in [-0.2, -0.15) is 0 Å². The maximum atomic E-state index is 12.9.